The zero-order chi connectivity index (χ0) is 13.1. The molecule has 0 fully saturated rings. The van der Waals surface area contributed by atoms with Crippen LogP contribution in [0.3, 0.4) is 0 Å². The monoisotopic (exact) mass is 312 g/mol. The lowest BCUT2D eigenvalue weighted by Gasteiger charge is -2.14. The van der Waals surface area contributed by atoms with E-state index >= 15 is 0 Å². The van der Waals surface area contributed by atoms with Crippen molar-refractivity contribution in [3.8, 4) is 0 Å². The van der Waals surface area contributed by atoms with Gasteiger partial charge in [-0.1, -0.05) is 0 Å². The second-order valence-corrected chi connectivity index (χ2v) is 4.70. The van der Waals surface area contributed by atoms with Gasteiger partial charge in [-0.25, -0.2) is 9.50 Å². The van der Waals surface area contributed by atoms with Crippen LogP contribution in [-0.4, -0.2) is 57.6 Å². The van der Waals surface area contributed by atoms with Crippen molar-refractivity contribution in [3.05, 3.63) is 22.7 Å². The van der Waals surface area contributed by atoms with Crippen LogP contribution < -0.4 is 5.32 Å². The van der Waals surface area contributed by atoms with Crippen LogP contribution in [0.15, 0.2) is 16.9 Å². The Kier molecular flexibility index (Phi) is 3.87. The van der Waals surface area contributed by atoms with Gasteiger partial charge in [0.05, 0.1) is 4.47 Å². The molecule has 18 heavy (non-hydrogen) atoms. The molecule has 7 nitrogen and oxygen atoms in total. The van der Waals surface area contributed by atoms with Gasteiger partial charge in [0.15, 0.2) is 0 Å². The zero-order valence-electron chi connectivity index (χ0n) is 10.1. The molecule has 2 aromatic heterocycles. The van der Waals surface area contributed by atoms with Gasteiger partial charge in [-0.2, -0.15) is 4.98 Å². The van der Waals surface area contributed by atoms with Gasteiger partial charge in [-0.05, 0) is 23.0 Å². The molecular formula is C10H13BrN6O. The fourth-order valence-electron chi connectivity index (χ4n) is 1.40. The standard InChI is InChI=1S/C10H13BrN6O/c1-12-3-4-16(2)9(18)8-14-10-13-5-7(11)6-17(10)15-8/h5-6,12H,3-4H2,1-2H3. The van der Waals surface area contributed by atoms with Gasteiger partial charge in [-0.3, -0.25) is 4.79 Å². The summed E-state index contributed by atoms with van der Waals surface area (Å²) < 4.78 is 2.26. The number of carbonyl (C=O) groups excluding carboxylic acids is 1. The van der Waals surface area contributed by atoms with E-state index in [0.717, 1.165) is 11.0 Å². The van der Waals surface area contributed by atoms with Crippen LogP contribution in [0.25, 0.3) is 5.78 Å². The summed E-state index contributed by atoms with van der Waals surface area (Å²) in [7, 11) is 3.55. The lowest BCUT2D eigenvalue weighted by molar-refractivity contribution is 0.0785. The number of hydrogen-bond acceptors (Lipinski definition) is 5. The Balaban J connectivity index is 2.22. The molecule has 8 heteroatoms. The summed E-state index contributed by atoms with van der Waals surface area (Å²) in [5.74, 6) is 0.342. The number of carbonyl (C=O) groups is 1. The average Bonchev–Trinajstić information content (AvgIpc) is 2.77. The van der Waals surface area contributed by atoms with E-state index in [4.69, 9.17) is 0 Å². The first kappa shape index (κ1) is 12.9. The molecule has 0 aromatic carbocycles. The maximum Gasteiger partial charge on any atom is 0.293 e. The lowest BCUT2D eigenvalue weighted by atomic mass is 10.4. The molecule has 0 unspecified atom stereocenters. The second kappa shape index (κ2) is 5.40. The normalized spacial score (nSPS) is 10.8. The number of nitrogens with zero attached hydrogens (tertiary/aromatic N) is 5. The summed E-state index contributed by atoms with van der Waals surface area (Å²) in [6.45, 7) is 1.32. The predicted molar refractivity (Wildman–Crippen MR) is 69.4 cm³/mol. The van der Waals surface area contributed by atoms with Gasteiger partial charge in [0.25, 0.3) is 11.7 Å². The third-order valence-electron chi connectivity index (χ3n) is 2.40. The predicted octanol–water partition coefficient (Wildman–Crippen LogP) is 0.178. The van der Waals surface area contributed by atoms with E-state index in [9.17, 15) is 4.79 Å². The first-order chi connectivity index (χ1) is 8.61. The Morgan fingerprint density at radius 3 is 3.11 bits per heavy atom. The van der Waals surface area contributed by atoms with Gasteiger partial charge in [0.2, 0.25) is 5.82 Å². The van der Waals surface area contributed by atoms with Crippen LogP contribution >= 0.6 is 15.9 Å². The van der Waals surface area contributed by atoms with E-state index < -0.39 is 0 Å². The summed E-state index contributed by atoms with van der Waals surface area (Å²) in [5, 5.41) is 7.08. The van der Waals surface area contributed by atoms with E-state index in [1.165, 1.54) is 4.52 Å². The first-order valence-corrected chi connectivity index (χ1v) is 6.19. The van der Waals surface area contributed by atoms with E-state index in [-0.39, 0.29) is 11.7 Å². The molecule has 2 heterocycles. The fourth-order valence-corrected chi connectivity index (χ4v) is 1.70. The molecule has 0 aliphatic heterocycles. The Morgan fingerprint density at radius 1 is 1.61 bits per heavy atom. The van der Waals surface area contributed by atoms with Crippen LogP contribution in [-0.2, 0) is 0 Å². The molecule has 96 valence electrons. The number of amides is 1. The highest BCUT2D eigenvalue weighted by molar-refractivity contribution is 9.10. The fraction of sp³-hybridized carbons (Fsp3) is 0.400. The number of nitrogens with one attached hydrogen (secondary N) is 1. The molecule has 0 aliphatic carbocycles. The summed E-state index contributed by atoms with van der Waals surface area (Å²) in [5.41, 5.74) is 0. The molecule has 0 atom stereocenters. The Bertz CT molecular complexity index is 568. The molecule has 0 spiro atoms. The molecule has 0 saturated carbocycles. The minimum absolute atomic E-state index is 0.152. The molecule has 1 amide bonds. The summed E-state index contributed by atoms with van der Waals surface area (Å²) >= 11 is 3.29. The van der Waals surface area contributed by atoms with Gasteiger partial charge in [0, 0.05) is 32.5 Å². The molecule has 0 bridgehead atoms. The zero-order valence-corrected chi connectivity index (χ0v) is 11.7. The number of rotatable bonds is 4. The molecule has 2 aromatic rings. The maximum atomic E-state index is 12.0. The molecular weight excluding hydrogens is 300 g/mol. The van der Waals surface area contributed by atoms with E-state index in [1.54, 1.807) is 24.3 Å². The smallest absolute Gasteiger partial charge is 0.293 e. The van der Waals surface area contributed by atoms with Crippen LogP contribution in [0.1, 0.15) is 10.6 Å². The number of likely N-dealkylation sites (N-methyl/N-ethyl adjacent to an activating group) is 2. The van der Waals surface area contributed by atoms with Crippen LogP contribution in [0, 0.1) is 0 Å². The molecule has 0 saturated heterocycles. The number of hydrogen-bond donors (Lipinski definition) is 1. The van der Waals surface area contributed by atoms with Gasteiger partial charge < -0.3 is 10.2 Å². The van der Waals surface area contributed by atoms with E-state index in [0.29, 0.717) is 12.3 Å². The molecule has 2 rings (SSSR count). The summed E-state index contributed by atoms with van der Waals surface area (Å²) in [4.78, 5) is 21.8. The van der Waals surface area contributed by atoms with Gasteiger partial charge in [0.1, 0.15) is 0 Å². The van der Waals surface area contributed by atoms with Crippen molar-refractivity contribution in [3.63, 3.8) is 0 Å². The number of halogens is 1. The largest absolute Gasteiger partial charge is 0.338 e. The minimum atomic E-state index is -0.216. The van der Waals surface area contributed by atoms with E-state index in [1.807, 2.05) is 7.05 Å². The number of fused-ring (bicyclic) bond motifs is 1. The Hall–Kier alpha value is -1.54. The Labute approximate surface area is 112 Å². The number of aromatic nitrogens is 4. The molecule has 0 radical (unpaired) electrons. The minimum Gasteiger partial charge on any atom is -0.338 e. The van der Waals surface area contributed by atoms with Gasteiger partial charge in [-0.15, -0.1) is 5.10 Å². The maximum absolute atomic E-state index is 12.0. The quantitative estimate of drug-likeness (QED) is 0.871. The van der Waals surface area contributed by atoms with Crippen molar-refractivity contribution in [1.29, 1.82) is 0 Å². The Morgan fingerprint density at radius 2 is 2.39 bits per heavy atom. The van der Waals surface area contributed by atoms with Crippen molar-refractivity contribution in [1.82, 2.24) is 29.8 Å². The summed E-state index contributed by atoms with van der Waals surface area (Å²) in [6, 6.07) is 0. The topological polar surface area (TPSA) is 75.4 Å². The summed E-state index contributed by atoms with van der Waals surface area (Å²) in [6.07, 6.45) is 3.32. The first-order valence-electron chi connectivity index (χ1n) is 5.40. The van der Waals surface area contributed by atoms with Crippen molar-refractivity contribution in [2.24, 2.45) is 0 Å². The second-order valence-electron chi connectivity index (χ2n) is 3.78. The third kappa shape index (κ3) is 2.65. The van der Waals surface area contributed by atoms with Gasteiger partial charge >= 0.3 is 0 Å². The van der Waals surface area contributed by atoms with E-state index in [2.05, 4.69) is 36.3 Å². The highest BCUT2D eigenvalue weighted by atomic mass is 79.9. The SMILES string of the molecule is CNCCN(C)C(=O)c1nc2ncc(Br)cn2n1. The van der Waals surface area contributed by atoms with Crippen molar-refractivity contribution < 1.29 is 4.79 Å². The van der Waals surface area contributed by atoms with Crippen LogP contribution in [0.4, 0.5) is 0 Å². The van der Waals surface area contributed by atoms with Crippen molar-refractivity contribution in [2.75, 3.05) is 27.2 Å². The average molecular weight is 313 g/mol. The third-order valence-corrected chi connectivity index (χ3v) is 2.81. The highest BCUT2D eigenvalue weighted by Crippen LogP contribution is 2.08. The molecule has 0 aliphatic rings. The van der Waals surface area contributed by atoms with Crippen molar-refractivity contribution in [2.45, 2.75) is 0 Å². The molecule has 1 N–H and O–H groups in total. The lowest BCUT2D eigenvalue weighted by Crippen LogP contribution is -2.33. The van der Waals surface area contributed by atoms with Crippen LogP contribution in [0.5, 0.6) is 0 Å². The van der Waals surface area contributed by atoms with Crippen molar-refractivity contribution >= 4 is 27.6 Å². The van der Waals surface area contributed by atoms with Crippen LogP contribution in [0.2, 0.25) is 0 Å². The highest BCUT2D eigenvalue weighted by Gasteiger charge is 2.17.